The third-order valence-electron chi connectivity index (χ3n) is 4.21. The predicted molar refractivity (Wildman–Crippen MR) is 75.5 cm³/mol. The van der Waals surface area contributed by atoms with Gasteiger partial charge in [-0.3, -0.25) is 0 Å². The van der Waals surface area contributed by atoms with Crippen molar-refractivity contribution in [3.8, 4) is 0 Å². The van der Waals surface area contributed by atoms with Gasteiger partial charge in [0.1, 0.15) is 5.82 Å². The fourth-order valence-electron chi connectivity index (χ4n) is 3.06. The van der Waals surface area contributed by atoms with Crippen LogP contribution in [0.2, 0.25) is 0 Å². The third-order valence-corrected chi connectivity index (χ3v) is 4.21. The Hall–Kier alpha value is -0.930. The summed E-state index contributed by atoms with van der Waals surface area (Å²) in [6.07, 6.45) is 4.44. The maximum atomic E-state index is 13.1. The van der Waals surface area contributed by atoms with Gasteiger partial charge in [-0.05, 0) is 62.3 Å². The standard InChI is InChI=1S/C16H24FNO/c1-12(8-13-4-2-7-16(17)9-13)18-10-14-5-3-6-15(14)11-19/h2,4,7,9,12,14-15,18-19H,3,5-6,8,10-11H2,1H3. The molecule has 0 aromatic heterocycles. The van der Waals surface area contributed by atoms with Gasteiger partial charge >= 0.3 is 0 Å². The van der Waals surface area contributed by atoms with Crippen LogP contribution in [0.1, 0.15) is 31.7 Å². The van der Waals surface area contributed by atoms with Crippen LogP contribution in [-0.2, 0) is 6.42 Å². The van der Waals surface area contributed by atoms with Crippen LogP contribution >= 0.6 is 0 Å². The van der Waals surface area contributed by atoms with Crippen molar-refractivity contribution in [2.45, 2.75) is 38.6 Å². The summed E-state index contributed by atoms with van der Waals surface area (Å²) in [4.78, 5) is 0. The van der Waals surface area contributed by atoms with Gasteiger partial charge < -0.3 is 10.4 Å². The van der Waals surface area contributed by atoms with E-state index in [1.165, 1.54) is 18.9 Å². The number of nitrogens with one attached hydrogen (secondary N) is 1. The molecule has 3 atom stereocenters. The zero-order chi connectivity index (χ0) is 13.7. The second-order valence-electron chi connectivity index (χ2n) is 5.78. The largest absolute Gasteiger partial charge is 0.396 e. The van der Waals surface area contributed by atoms with Gasteiger partial charge in [0.15, 0.2) is 0 Å². The molecule has 2 nitrogen and oxygen atoms in total. The summed E-state index contributed by atoms with van der Waals surface area (Å²) in [6, 6.07) is 7.14. The number of halogens is 1. The molecular formula is C16H24FNO. The smallest absolute Gasteiger partial charge is 0.123 e. The molecule has 0 aliphatic heterocycles. The van der Waals surface area contributed by atoms with Crippen LogP contribution in [0.5, 0.6) is 0 Å². The molecule has 2 N–H and O–H groups in total. The predicted octanol–water partition coefficient (Wildman–Crippen LogP) is 2.75. The van der Waals surface area contributed by atoms with E-state index in [1.807, 2.05) is 6.07 Å². The maximum absolute atomic E-state index is 13.1. The highest BCUT2D eigenvalue weighted by molar-refractivity contribution is 5.17. The van der Waals surface area contributed by atoms with Crippen molar-refractivity contribution >= 4 is 0 Å². The van der Waals surface area contributed by atoms with E-state index >= 15 is 0 Å². The Kier molecular flexibility index (Phi) is 5.34. The van der Waals surface area contributed by atoms with E-state index in [4.69, 9.17) is 0 Å². The highest BCUT2D eigenvalue weighted by atomic mass is 19.1. The van der Waals surface area contributed by atoms with Crippen LogP contribution in [0.3, 0.4) is 0 Å². The van der Waals surface area contributed by atoms with Crippen molar-refractivity contribution in [1.82, 2.24) is 5.32 Å². The minimum Gasteiger partial charge on any atom is -0.396 e. The van der Waals surface area contributed by atoms with E-state index in [0.717, 1.165) is 24.9 Å². The molecule has 2 rings (SSSR count). The average molecular weight is 265 g/mol. The van der Waals surface area contributed by atoms with Gasteiger partial charge in [-0.2, -0.15) is 0 Å². The molecule has 1 aliphatic rings. The lowest BCUT2D eigenvalue weighted by Gasteiger charge is -2.21. The summed E-state index contributed by atoms with van der Waals surface area (Å²) in [5.41, 5.74) is 1.03. The van der Waals surface area contributed by atoms with E-state index in [-0.39, 0.29) is 5.82 Å². The van der Waals surface area contributed by atoms with Crippen molar-refractivity contribution in [3.63, 3.8) is 0 Å². The molecule has 1 saturated carbocycles. The van der Waals surface area contributed by atoms with Crippen molar-refractivity contribution in [1.29, 1.82) is 0 Å². The molecule has 0 radical (unpaired) electrons. The van der Waals surface area contributed by atoms with Crippen LogP contribution in [-0.4, -0.2) is 24.3 Å². The van der Waals surface area contributed by atoms with Crippen molar-refractivity contribution in [3.05, 3.63) is 35.6 Å². The quantitative estimate of drug-likeness (QED) is 0.829. The minimum atomic E-state index is -0.166. The lowest BCUT2D eigenvalue weighted by atomic mass is 9.96. The lowest BCUT2D eigenvalue weighted by molar-refractivity contribution is 0.190. The Morgan fingerprint density at radius 1 is 1.37 bits per heavy atom. The van der Waals surface area contributed by atoms with E-state index in [9.17, 15) is 9.50 Å². The average Bonchev–Trinajstić information content (AvgIpc) is 2.83. The first-order valence-corrected chi connectivity index (χ1v) is 7.27. The Balaban J connectivity index is 1.77. The maximum Gasteiger partial charge on any atom is 0.123 e. The topological polar surface area (TPSA) is 32.3 Å². The van der Waals surface area contributed by atoms with Gasteiger partial charge in [-0.25, -0.2) is 4.39 Å². The zero-order valence-corrected chi connectivity index (χ0v) is 11.6. The second-order valence-corrected chi connectivity index (χ2v) is 5.78. The molecule has 19 heavy (non-hydrogen) atoms. The SMILES string of the molecule is CC(Cc1cccc(F)c1)NCC1CCCC1CO. The van der Waals surface area contributed by atoms with Crippen LogP contribution in [0.25, 0.3) is 0 Å². The lowest BCUT2D eigenvalue weighted by Crippen LogP contribution is -2.34. The number of hydrogen-bond acceptors (Lipinski definition) is 2. The number of rotatable bonds is 6. The molecule has 106 valence electrons. The van der Waals surface area contributed by atoms with Crippen molar-refractivity contribution < 1.29 is 9.50 Å². The van der Waals surface area contributed by atoms with Crippen molar-refractivity contribution in [2.24, 2.45) is 11.8 Å². The number of aliphatic hydroxyl groups excluding tert-OH is 1. The summed E-state index contributed by atoms with van der Waals surface area (Å²) < 4.78 is 13.1. The van der Waals surface area contributed by atoms with Gasteiger partial charge in [0, 0.05) is 12.6 Å². The van der Waals surface area contributed by atoms with Gasteiger partial charge in [0.2, 0.25) is 0 Å². The highest BCUT2D eigenvalue weighted by Crippen LogP contribution is 2.30. The van der Waals surface area contributed by atoms with Crippen LogP contribution in [0, 0.1) is 17.7 Å². The molecule has 0 bridgehead atoms. The van der Waals surface area contributed by atoms with Gasteiger partial charge in [-0.15, -0.1) is 0 Å². The molecule has 0 saturated heterocycles. The summed E-state index contributed by atoms with van der Waals surface area (Å²) in [5.74, 6) is 0.898. The summed E-state index contributed by atoms with van der Waals surface area (Å²) in [6.45, 7) is 3.40. The Morgan fingerprint density at radius 2 is 2.16 bits per heavy atom. The monoisotopic (exact) mass is 265 g/mol. The number of aliphatic hydroxyl groups is 1. The van der Waals surface area contributed by atoms with E-state index in [2.05, 4.69) is 12.2 Å². The molecule has 3 unspecified atom stereocenters. The molecule has 1 aromatic rings. The number of hydrogen-bond donors (Lipinski definition) is 2. The molecule has 1 fully saturated rings. The van der Waals surface area contributed by atoms with Gasteiger partial charge in [-0.1, -0.05) is 18.6 Å². The first-order chi connectivity index (χ1) is 9.19. The summed E-state index contributed by atoms with van der Waals surface area (Å²) >= 11 is 0. The minimum absolute atomic E-state index is 0.166. The molecular weight excluding hydrogens is 241 g/mol. The van der Waals surface area contributed by atoms with Crippen LogP contribution in [0.4, 0.5) is 4.39 Å². The molecule has 1 aromatic carbocycles. The Morgan fingerprint density at radius 3 is 2.89 bits per heavy atom. The van der Waals surface area contributed by atoms with Gasteiger partial charge in [0.25, 0.3) is 0 Å². The number of benzene rings is 1. The summed E-state index contributed by atoms with van der Waals surface area (Å²) in [7, 11) is 0. The fourth-order valence-corrected chi connectivity index (χ4v) is 3.06. The van der Waals surface area contributed by atoms with Crippen molar-refractivity contribution in [2.75, 3.05) is 13.2 Å². The zero-order valence-electron chi connectivity index (χ0n) is 11.6. The summed E-state index contributed by atoms with van der Waals surface area (Å²) in [5, 5.41) is 12.8. The Labute approximate surface area is 115 Å². The normalized spacial score (nSPS) is 24.6. The van der Waals surface area contributed by atoms with E-state index in [0.29, 0.717) is 24.5 Å². The van der Waals surface area contributed by atoms with Gasteiger partial charge in [0.05, 0.1) is 0 Å². The molecule has 1 aliphatic carbocycles. The molecule has 0 heterocycles. The first-order valence-electron chi connectivity index (χ1n) is 7.27. The third kappa shape index (κ3) is 4.29. The first kappa shape index (κ1) is 14.5. The van der Waals surface area contributed by atoms with Crippen LogP contribution < -0.4 is 5.32 Å². The van der Waals surface area contributed by atoms with E-state index in [1.54, 1.807) is 12.1 Å². The van der Waals surface area contributed by atoms with Crippen LogP contribution in [0.15, 0.2) is 24.3 Å². The van der Waals surface area contributed by atoms with E-state index < -0.39 is 0 Å². The Bertz CT molecular complexity index is 396. The second kappa shape index (κ2) is 7.01. The molecule has 0 amide bonds. The molecule has 3 heteroatoms. The fraction of sp³-hybridized carbons (Fsp3) is 0.625. The molecule has 0 spiro atoms. The highest BCUT2D eigenvalue weighted by Gasteiger charge is 2.26.